The van der Waals surface area contributed by atoms with E-state index in [1.54, 1.807) is 27.7 Å². The molecule has 1 aromatic rings. The van der Waals surface area contributed by atoms with Crippen LogP contribution < -0.4 is 10.6 Å². The zero-order valence-electron chi connectivity index (χ0n) is 15.9. The Kier molecular flexibility index (Phi) is 4.74. The molecule has 0 saturated heterocycles. The summed E-state index contributed by atoms with van der Waals surface area (Å²) in [6.07, 6.45) is 0. The monoisotopic (exact) mass is 384 g/mol. The Morgan fingerprint density at radius 1 is 0.643 bits per heavy atom. The van der Waals surface area contributed by atoms with Gasteiger partial charge in [-0.3, -0.25) is 28.8 Å². The molecule has 3 rings (SSSR count). The number of nitrogens with one attached hydrogen (secondary N) is 2. The zero-order chi connectivity index (χ0) is 20.9. The molecule has 2 aliphatic carbocycles. The number of amides is 2. The number of ketones is 4. The quantitative estimate of drug-likeness (QED) is 0.737. The molecule has 28 heavy (non-hydrogen) atoms. The summed E-state index contributed by atoms with van der Waals surface area (Å²) < 4.78 is 0. The van der Waals surface area contributed by atoms with Crippen LogP contribution in [0.25, 0.3) is 0 Å². The van der Waals surface area contributed by atoms with Crippen molar-refractivity contribution < 1.29 is 28.8 Å². The van der Waals surface area contributed by atoms with E-state index in [9.17, 15) is 28.8 Å². The number of fused-ring (bicyclic) bond motifs is 2. The molecular weight excluding hydrogens is 364 g/mol. The van der Waals surface area contributed by atoms with Crippen LogP contribution in [0.5, 0.6) is 0 Å². The molecule has 0 unspecified atom stereocenters. The molecule has 0 saturated carbocycles. The van der Waals surface area contributed by atoms with Crippen LogP contribution in [0.15, 0.2) is 12.1 Å². The normalized spacial score (nSPS) is 16.8. The minimum absolute atomic E-state index is 0.0706. The maximum absolute atomic E-state index is 12.6. The summed E-state index contributed by atoms with van der Waals surface area (Å²) in [6.45, 7) is 6.79. The predicted octanol–water partition coefficient (Wildman–Crippen LogP) is 0.726. The first-order valence-corrected chi connectivity index (χ1v) is 9.00. The average molecular weight is 384 g/mol. The van der Waals surface area contributed by atoms with Gasteiger partial charge in [-0.05, 0) is 39.8 Å². The van der Waals surface area contributed by atoms with Crippen molar-refractivity contribution in [3.63, 3.8) is 0 Å². The van der Waals surface area contributed by atoms with E-state index in [2.05, 4.69) is 10.6 Å². The van der Waals surface area contributed by atoms with Gasteiger partial charge in [0.15, 0.2) is 35.0 Å². The van der Waals surface area contributed by atoms with Gasteiger partial charge in [-0.25, -0.2) is 0 Å². The third-order valence-electron chi connectivity index (χ3n) is 4.65. The summed E-state index contributed by atoms with van der Waals surface area (Å²) in [5.41, 5.74) is -0.283. The van der Waals surface area contributed by atoms with Crippen molar-refractivity contribution in [2.24, 2.45) is 11.8 Å². The highest BCUT2D eigenvalue weighted by Crippen LogP contribution is 2.35. The van der Waals surface area contributed by atoms with E-state index in [4.69, 9.17) is 0 Å². The number of Topliss-reactive ketones (excluding diaryl/α,β-unsaturated/α-hetero) is 4. The second kappa shape index (κ2) is 6.78. The van der Waals surface area contributed by atoms with E-state index in [-0.39, 0.29) is 34.3 Å². The molecule has 2 N–H and O–H groups in total. The first-order valence-electron chi connectivity index (χ1n) is 9.00. The fourth-order valence-electron chi connectivity index (χ4n) is 3.49. The lowest BCUT2D eigenvalue weighted by Crippen LogP contribution is -2.40. The van der Waals surface area contributed by atoms with Gasteiger partial charge in [0.25, 0.3) is 0 Å². The first-order chi connectivity index (χ1) is 13.0. The summed E-state index contributed by atoms with van der Waals surface area (Å²) >= 11 is 0. The molecule has 0 spiro atoms. The molecule has 146 valence electrons. The minimum Gasteiger partial charge on any atom is -0.353 e. The van der Waals surface area contributed by atoms with Crippen molar-refractivity contribution in [1.29, 1.82) is 0 Å². The van der Waals surface area contributed by atoms with Crippen LogP contribution in [0.1, 0.15) is 69.1 Å². The van der Waals surface area contributed by atoms with Gasteiger partial charge in [-0.15, -0.1) is 0 Å². The average Bonchev–Trinajstić information content (AvgIpc) is 2.97. The minimum atomic E-state index is -1.52. The highest BCUT2D eigenvalue weighted by Gasteiger charge is 2.49. The number of benzene rings is 1. The Bertz CT molecular complexity index is 831. The largest absolute Gasteiger partial charge is 0.353 e. The second-order valence-corrected chi connectivity index (χ2v) is 7.59. The number of carbonyl (C=O) groups is 6. The molecule has 8 heteroatoms. The summed E-state index contributed by atoms with van der Waals surface area (Å²) in [7, 11) is 0. The van der Waals surface area contributed by atoms with Gasteiger partial charge >= 0.3 is 0 Å². The lowest BCUT2D eigenvalue weighted by Gasteiger charge is -2.11. The summed E-state index contributed by atoms with van der Waals surface area (Å²) in [4.78, 5) is 75.0. The summed E-state index contributed by atoms with van der Waals surface area (Å²) in [5, 5.41) is 5.06. The van der Waals surface area contributed by atoms with Crippen LogP contribution in [-0.4, -0.2) is 47.0 Å². The van der Waals surface area contributed by atoms with E-state index < -0.39 is 46.8 Å². The topological polar surface area (TPSA) is 126 Å². The van der Waals surface area contributed by atoms with Crippen LogP contribution in [0.4, 0.5) is 0 Å². The van der Waals surface area contributed by atoms with E-state index in [1.165, 1.54) is 0 Å². The Morgan fingerprint density at radius 3 is 1.11 bits per heavy atom. The van der Waals surface area contributed by atoms with Gasteiger partial charge in [-0.2, -0.15) is 0 Å². The van der Waals surface area contributed by atoms with Gasteiger partial charge in [-0.1, -0.05) is 0 Å². The van der Waals surface area contributed by atoms with Crippen molar-refractivity contribution in [3.05, 3.63) is 34.4 Å². The molecule has 2 aliphatic rings. The molecule has 0 heterocycles. The van der Waals surface area contributed by atoms with Crippen molar-refractivity contribution in [2.45, 2.75) is 39.8 Å². The van der Waals surface area contributed by atoms with E-state index in [0.717, 1.165) is 12.1 Å². The van der Waals surface area contributed by atoms with Crippen LogP contribution in [0.2, 0.25) is 0 Å². The molecular formula is C20H20N2O6. The van der Waals surface area contributed by atoms with E-state index >= 15 is 0 Å². The Morgan fingerprint density at radius 2 is 0.893 bits per heavy atom. The molecule has 0 atom stereocenters. The van der Waals surface area contributed by atoms with E-state index in [0.29, 0.717) is 0 Å². The summed E-state index contributed by atoms with van der Waals surface area (Å²) in [6, 6.07) is 1.81. The molecule has 0 bridgehead atoms. The van der Waals surface area contributed by atoms with E-state index in [1.807, 2.05) is 0 Å². The standard InChI is InChI=1S/C20H20N2O6/c1-7(2)21-19(27)13-15(23)9-5-11-12(6-10(9)16(13)24)18(26)14(17(11)25)20(28)22-8(3)4/h5-8,13-14H,1-4H3,(H,21,27)(H,22,28). The van der Waals surface area contributed by atoms with Crippen molar-refractivity contribution in [2.75, 3.05) is 0 Å². The molecule has 0 aliphatic heterocycles. The van der Waals surface area contributed by atoms with Crippen LogP contribution >= 0.6 is 0 Å². The van der Waals surface area contributed by atoms with Gasteiger partial charge in [0.1, 0.15) is 0 Å². The Hall–Kier alpha value is -3.16. The van der Waals surface area contributed by atoms with Crippen LogP contribution in [0, 0.1) is 11.8 Å². The zero-order valence-corrected chi connectivity index (χ0v) is 15.9. The van der Waals surface area contributed by atoms with Gasteiger partial charge < -0.3 is 10.6 Å². The number of hydrogen-bond donors (Lipinski definition) is 2. The maximum Gasteiger partial charge on any atom is 0.239 e. The highest BCUT2D eigenvalue weighted by molar-refractivity contribution is 6.39. The smallest absolute Gasteiger partial charge is 0.239 e. The van der Waals surface area contributed by atoms with Crippen molar-refractivity contribution in [3.8, 4) is 0 Å². The number of carbonyl (C=O) groups excluding carboxylic acids is 6. The Balaban J connectivity index is 1.99. The fourth-order valence-corrected chi connectivity index (χ4v) is 3.49. The lowest BCUT2D eigenvalue weighted by molar-refractivity contribution is -0.123. The second-order valence-electron chi connectivity index (χ2n) is 7.59. The van der Waals surface area contributed by atoms with Crippen molar-refractivity contribution in [1.82, 2.24) is 10.6 Å². The first kappa shape index (κ1) is 19.6. The highest BCUT2D eigenvalue weighted by atomic mass is 16.2. The summed E-state index contributed by atoms with van der Waals surface area (Å²) in [5.74, 6) is -7.32. The molecule has 8 nitrogen and oxygen atoms in total. The van der Waals surface area contributed by atoms with Gasteiger partial charge in [0, 0.05) is 34.3 Å². The SMILES string of the molecule is CC(C)NC(=O)C1C(=O)c2cc3c(cc2C1=O)C(=O)C(C(=O)NC(C)C)C3=O. The van der Waals surface area contributed by atoms with Crippen LogP contribution in [-0.2, 0) is 9.59 Å². The van der Waals surface area contributed by atoms with Crippen molar-refractivity contribution >= 4 is 34.9 Å². The molecule has 0 aromatic heterocycles. The fraction of sp³-hybridized carbons (Fsp3) is 0.400. The molecule has 1 aromatic carbocycles. The maximum atomic E-state index is 12.6. The molecule has 0 radical (unpaired) electrons. The molecule has 2 amide bonds. The third-order valence-corrected chi connectivity index (χ3v) is 4.65. The Labute approximate surface area is 161 Å². The third kappa shape index (κ3) is 2.94. The molecule has 0 fully saturated rings. The van der Waals surface area contributed by atoms with Gasteiger partial charge in [0.05, 0.1) is 0 Å². The predicted molar refractivity (Wildman–Crippen MR) is 97.3 cm³/mol. The lowest BCUT2D eigenvalue weighted by atomic mass is 10.0. The van der Waals surface area contributed by atoms with Gasteiger partial charge in [0.2, 0.25) is 11.8 Å². The van der Waals surface area contributed by atoms with Crippen LogP contribution in [0.3, 0.4) is 0 Å². The number of hydrogen-bond acceptors (Lipinski definition) is 6. The number of rotatable bonds is 4.